The lowest BCUT2D eigenvalue weighted by molar-refractivity contribution is 0.410. The molecule has 1 aliphatic rings. The van der Waals surface area contributed by atoms with Crippen molar-refractivity contribution in [1.82, 2.24) is 0 Å². The van der Waals surface area contributed by atoms with Gasteiger partial charge in [-0.3, -0.25) is 0 Å². The Hall–Kier alpha value is -1.09. The van der Waals surface area contributed by atoms with Crippen molar-refractivity contribution in [2.45, 2.75) is 19.8 Å². The second kappa shape index (κ2) is 3.74. The molecule has 0 saturated heterocycles. The fraction of sp³-hybridized carbons (Fsp3) is 0.538. The highest BCUT2D eigenvalue weighted by molar-refractivity contribution is 5.37. The van der Waals surface area contributed by atoms with Crippen LogP contribution in [0.15, 0.2) is 18.2 Å². The van der Waals surface area contributed by atoms with E-state index in [1.807, 2.05) is 6.07 Å². The zero-order valence-electron chi connectivity index (χ0n) is 9.96. The molecule has 2 rings (SSSR count). The van der Waals surface area contributed by atoms with E-state index in [0.29, 0.717) is 18.2 Å². The molecule has 0 aromatic heterocycles. The van der Waals surface area contributed by atoms with Crippen LogP contribution < -0.4 is 10.5 Å². The Labute approximate surface area is 95.6 Å². The molecular formula is C13H18FNO. The summed E-state index contributed by atoms with van der Waals surface area (Å²) >= 11 is 0. The zero-order chi connectivity index (χ0) is 11.9. The van der Waals surface area contributed by atoms with Crippen LogP contribution in [-0.4, -0.2) is 13.7 Å². The van der Waals surface area contributed by atoms with Crippen molar-refractivity contribution in [2.24, 2.45) is 17.1 Å². The van der Waals surface area contributed by atoms with Crippen molar-refractivity contribution in [3.63, 3.8) is 0 Å². The standard InChI is InChI=1S/C13H18FNO/c1-13(2)10(7-15)12(13)9-5-4-8(16-3)6-11(9)14/h4-6,10,12H,7,15H2,1-3H3/t10-,12-/m1/s1. The highest BCUT2D eigenvalue weighted by Gasteiger charge is 2.57. The lowest BCUT2D eigenvalue weighted by Crippen LogP contribution is -2.05. The van der Waals surface area contributed by atoms with Gasteiger partial charge in [0, 0.05) is 6.07 Å². The van der Waals surface area contributed by atoms with E-state index in [4.69, 9.17) is 10.5 Å². The van der Waals surface area contributed by atoms with Gasteiger partial charge < -0.3 is 10.5 Å². The number of methoxy groups -OCH3 is 1. The molecule has 88 valence electrons. The largest absolute Gasteiger partial charge is 0.497 e. The quantitative estimate of drug-likeness (QED) is 0.854. The first kappa shape index (κ1) is 11.4. The Morgan fingerprint density at radius 1 is 1.44 bits per heavy atom. The molecule has 1 aromatic carbocycles. The highest BCUT2D eigenvalue weighted by atomic mass is 19.1. The molecule has 2 N–H and O–H groups in total. The molecule has 3 heteroatoms. The summed E-state index contributed by atoms with van der Waals surface area (Å²) in [6.45, 7) is 4.89. The van der Waals surface area contributed by atoms with Gasteiger partial charge in [-0.1, -0.05) is 19.9 Å². The summed E-state index contributed by atoms with van der Waals surface area (Å²) in [4.78, 5) is 0. The van der Waals surface area contributed by atoms with Gasteiger partial charge >= 0.3 is 0 Å². The number of halogens is 1. The number of benzene rings is 1. The Balaban J connectivity index is 2.30. The third-order valence-corrected chi connectivity index (χ3v) is 3.85. The fourth-order valence-corrected chi connectivity index (χ4v) is 2.69. The number of hydrogen-bond donors (Lipinski definition) is 1. The summed E-state index contributed by atoms with van der Waals surface area (Å²) < 4.78 is 18.9. The van der Waals surface area contributed by atoms with E-state index in [-0.39, 0.29) is 17.2 Å². The van der Waals surface area contributed by atoms with Gasteiger partial charge in [-0.2, -0.15) is 0 Å². The maximum Gasteiger partial charge on any atom is 0.130 e. The first-order valence-corrected chi connectivity index (χ1v) is 5.56. The molecule has 0 radical (unpaired) electrons. The van der Waals surface area contributed by atoms with Gasteiger partial charge in [0.25, 0.3) is 0 Å². The second-order valence-corrected chi connectivity index (χ2v) is 5.03. The minimum absolute atomic E-state index is 0.115. The molecule has 1 aromatic rings. The minimum atomic E-state index is -0.187. The van der Waals surface area contributed by atoms with Crippen LogP contribution in [0, 0.1) is 17.2 Å². The Morgan fingerprint density at radius 3 is 2.56 bits per heavy atom. The summed E-state index contributed by atoms with van der Waals surface area (Å²) in [7, 11) is 1.54. The summed E-state index contributed by atoms with van der Waals surface area (Å²) in [6.07, 6.45) is 0. The number of rotatable bonds is 3. The predicted molar refractivity (Wildman–Crippen MR) is 62.0 cm³/mol. The fourth-order valence-electron chi connectivity index (χ4n) is 2.69. The summed E-state index contributed by atoms with van der Waals surface area (Å²) in [6, 6.07) is 5.06. The van der Waals surface area contributed by atoms with Crippen molar-refractivity contribution in [1.29, 1.82) is 0 Å². The van der Waals surface area contributed by atoms with E-state index in [0.717, 1.165) is 5.56 Å². The van der Waals surface area contributed by atoms with Crippen LogP contribution in [0.4, 0.5) is 4.39 Å². The molecular weight excluding hydrogens is 205 g/mol. The van der Waals surface area contributed by atoms with Gasteiger partial charge in [0.05, 0.1) is 7.11 Å². The van der Waals surface area contributed by atoms with Crippen LogP contribution in [0.25, 0.3) is 0 Å². The normalized spacial score (nSPS) is 26.6. The van der Waals surface area contributed by atoms with Crippen LogP contribution >= 0.6 is 0 Å². The van der Waals surface area contributed by atoms with Crippen molar-refractivity contribution < 1.29 is 9.13 Å². The van der Waals surface area contributed by atoms with Crippen molar-refractivity contribution in [3.8, 4) is 5.75 Å². The summed E-state index contributed by atoms with van der Waals surface area (Å²) in [5, 5.41) is 0. The third kappa shape index (κ3) is 1.59. The maximum absolute atomic E-state index is 13.9. The van der Waals surface area contributed by atoms with Crippen LogP contribution in [0.5, 0.6) is 5.75 Å². The zero-order valence-corrected chi connectivity index (χ0v) is 9.96. The molecule has 2 nitrogen and oxygen atoms in total. The molecule has 0 heterocycles. The Bertz CT molecular complexity index is 403. The van der Waals surface area contributed by atoms with Gasteiger partial charge in [-0.05, 0) is 35.4 Å². The second-order valence-electron chi connectivity index (χ2n) is 5.03. The van der Waals surface area contributed by atoms with E-state index in [1.165, 1.54) is 13.2 Å². The van der Waals surface area contributed by atoms with Crippen molar-refractivity contribution in [3.05, 3.63) is 29.6 Å². The molecule has 0 bridgehead atoms. The lowest BCUT2D eigenvalue weighted by atomic mass is 10.0. The van der Waals surface area contributed by atoms with Crippen LogP contribution in [0.3, 0.4) is 0 Å². The lowest BCUT2D eigenvalue weighted by Gasteiger charge is -2.06. The highest BCUT2D eigenvalue weighted by Crippen LogP contribution is 2.64. The van der Waals surface area contributed by atoms with Crippen molar-refractivity contribution in [2.75, 3.05) is 13.7 Å². The van der Waals surface area contributed by atoms with E-state index in [9.17, 15) is 4.39 Å². The molecule has 0 spiro atoms. The van der Waals surface area contributed by atoms with Gasteiger partial charge in [0.15, 0.2) is 0 Å². The molecule has 1 fully saturated rings. The number of ether oxygens (including phenoxy) is 1. The van der Waals surface area contributed by atoms with E-state index >= 15 is 0 Å². The Kier molecular flexibility index (Phi) is 2.66. The summed E-state index contributed by atoms with van der Waals surface area (Å²) in [5.41, 5.74) is 6.58. The SMILES string of the molecule is COc1ccc([C@@H]2[C@@H](CN)C2(C)C)c(F)c1. The summed E-state index contributed by atoms with van der Waals surface area (Å²) in [5.74, 6) is 0.996. The monoisotopic (exact) mass is 223 g/mol. The molecule has 0 amide bonds. The van der Waals surface area contributed by atoms with E-state index in [1.54, 1.807) is 6.07 Å². The molecule has 1 saturated carbocycles. The number of hydrogen-bond acceptors (Lipinski definition) is 2. The number of nitrogens with two attached hydrogens (primary N) is 1. The van der Waals surface area contributed by atoms with Crippen LogP contribution in [0.2, 0.25) is 0 Å². The van der Waals surface area contributed by atoms with Crippen LogP contribution in [-0.2, 0) is 0 Å². The first-order valence-electron chi connectivity index (χ1n) is 5.56. The Morgan fingerprint density at radius 2 is 2.12 bits per heavy atom. The van der Waals surface area contributed by atoms with Crippen LogP contribution in [0.1, 0.15) is 25.3 Å². The third-order valence-electron chi connectivity index (χ3n) is 3.85. The molecule has 16 heavy (non-hydrogen) atoms. The molecule has 1 aliphatic carbocycles. The van der Waals surface area contributed by atoms with E-state index < -0.39 is 0 Å². The molecule has 0 aliphatic heterocycles. The minimum Gasteiger partial charge on any atom is -0.497 e. The smallest absolute Gasteiger partial charge is 0.130 e. The topological polar surface area (TPSA) is 35.2 Å². The maximum atomic E-state index is 13.9. The van der Waals surface area contributed by atoms with Gasteiger partial charge in [0.1, 0.15) is 11.6 Å². The van der Waals surface area contributed by atoms with E-state index in [2.05, 4.69) is 13.8 Å². The predicted octanol–water partition coefficient (Wildman–Crippen LogP) is 2.53. The van der Waals surface area contributed by atoms with Gasteiger partial charge in [0.2, 0.25) is 0 Å². The molecule has 2 atom stereocenters. The molecule has 0 unspecified atom stereocenters. The van der Waals surface area contributed by atoms with Gasteiger partial charge in [-0.15, -0.1) is 0 Å². The van der Waals surface area contributed by atoms with Gasteiger partial charge in [-0.25, -0.2) is 4.39 Å². The van der Waals surface area contributed by atoms with Crippen molar-refractivity contribution >= 4 is 0 Å². The first-order chi connectivity index (χ1) is 7.52. The average molecular weight is 223 g/mol. The average Bonchev–Trinajstić information content (AvgIpc) is 2.80.